The zero-order chi connectivity index (χ0) is 25.6. The lowest BCUT2D eigenvalue weighted by atomic mass is 10.0. The minimum absolute atomic E-state index is 0.0612. The van der Waals surface area contributed by atoms with Crippen molar-refractivity contribution in [3.05, 3.63) is 50.6 Å². The zero-order valence-electron chi connectivity index (χ0n) is 19.9. The number of H-pyrrole nitrogens is 1. The molecule has 0 saturated carbocycles. The summed E-state index contributed by atoms with van der Waals surface area (Å²) in [6, 6.07) is 5.94. The molecule has 2 aliphatic heterocycles. The van der Waals surface area contributed by atoms with Crippen LogP contribution < -0.4 is 10.6 Å². The van der Waals surface area contributed by atoms with E-state index < -0.39 is 22.1 Å². The van der Waals surface area contributed by atoms with Crippen molar-refractivity contribution in [1.82, 2.24) is 29.8 Å². The highest BCUT2D eigenvalue weighted by molar-refractivity contribution is 7.88. The first kappa shape index (κ1) is 25.2. The van der Waals surface area contributed by atoms with Crippen LogP contribution in [0.15, 0.2) is 24.3 Å². The molecule has 13 heteroatoms. The second-order valence-corrected chi connectivity index (χ2v) is 12.9. The Morgan fingerprint density at radius 3 is 2.72 bits per heavy atom. The molecule has 0 bridgehead atoms. The van der Waals surface area contributed by atoms with Gasteiger partial charge < -0.3 is 20.5 Å². The standard InChI is InChI=1S/C23H27ClN6O4S2/c1-29-7-5-17-20(12-29)35-23(28-17)22(32)27-19-11-30(36(2,33)34)8-6-16(19)26-21(31)18-10-13-9-14(24)3-4-15(13)25-18/h3-4,9-10,16,19,25H,5-8,11-12H2,1-2H3,(H,26,31)(H,27,32)/t16-,19+/m0/s1. The van der Waals surface area contributed by atoms with Gasteiger partial charge in [0.1, 0.15) is 5.69 Å². The van der Waals surface area contributed by atoms with E-state index in [2.05, 4.69) is 25.5 Å². The zero-order valence-corrected chi connectivity index (χ0v) is 22.3. The predicted molar refractivity (Wildman–Crippen MR) is 139 cm³/mol. The summed E-state index contributed by atoms with van der Waals surface area (Å²) in [6.07, 6.45) is 2.29. The van der Waals surface area contributed by atoms with Gasteiger partial charge in [-0.2, -0.15) is 4.31 Å². The van der Waals surface area contributed by atoms with Gasteiger partial charge in [-0.25, -0.2) is 13.4 Å². The fourth-order valence-corrected chi connectivity index (χ4v) is 6.81. The van der Waals surface area contributed by atoms with Crippen molar-refractivity contribution in [2.45, 2.75) is 31.5 Å². The fraction of sp³-hybridized carbons (Fsp3) is 0.435. The summed E-state index contributed by atoms with van der Waals surface area (Å²) in [5, 5.41) is 7.66. The number of halogens is 1. The number of likely N-dealkylation sites (N-methyl/N-ethyl adjacent to an activating group) is 1. The van der Waals surface area contributed by atoms with Crippen LogP contribution in [0.3, 0.4) is 0 Å². The van der Waals surface area contributed by atoms with Gasteiger partial charge in [-0.3, -0.25) is 9.59 Å². The molecule has 3 aromatic rings. The van der Waals surface area contributed by atoms with E-state index in [-0.39, 0.29) is 24.9 Å². The molecule has 0 spiro atoms. The van der Waals surface area contributed by atoms with Gasteiger partial charge in [0.05, 0.1) is 24.0 Å². The number of fused-ring (bicyclic) bond motifs is 2. The van der Waals surface area contributed by atoms with Gasteiger partial charge in [0, 0.05) is 53.4 Å². The van der Waals surface area contributed by atoms with Crippen molar-refractivity contribution < 1.29 is 18.0 Å². The number of piperidine rings is 1. The van der Waals surface area contributed by atoms with Gasteiger partial charge >= 0.3 is 0 Å². The molecule has 0 radical (unpaired) electrons. The van der Waals surface area contributed by atoms with Crippen molar-refractivity contribution in [1.29, 1.82) is 0 Å². The molecule has 5 rings (SSSR count). The van der Waals surface area contributed by atoms with Crippen molar-refractivity contribution in [2.75, 3.05) is 32.9 Å². The van der Waals surface area contributed by atoms with Crippen LogP contribution in [0.2, 0.25) is 5.02 Å². The summed E-state index contributed by atoms with van der Waals surface area (Å²) < 4.78 is 25.8. The summed E-state index contributed by atoms with van der Waals surface area (Å²) in [5.74, 6) is -0.705. The number of sulfonamides is 1. The summed E-state index contributed by atoms with van der Waals surface area (Å²) in [7, 11) is -1.43. The first-order valence-electron chi connectivity index (χ1n) is 11.6. The van der Waals surface area contributed by atoms with Gasteiger partial charge in [-0.1, -0.05) is 11.6 Å². The predicted octanol–water partition coefficient (Wildman–Crippen LogP) is 1.83. The number of nitrogens with one attached hydrogen (secondary N) is 3. The van der Waals surface area contributed by atoms with E-state index in [0.29, 0.717) is 22.1 Å². The largest absolute Gasteiger partial charge is 0.351 e. The van der Waals surface area contributed by atoms with Gasteiger partial charge in [0.2, 0.25) is 10.0 Å². The van der Waals surface area contributed by atoms with E-state index in [0.717, 1.165) is 47.2 Å². The Morgan fingerprint density at radius 1 is 1.17 bits per heavy atom. The van der Waals surface area contributed by atoms with Gasteiger partial charge in [0.25, 0.3) is 11.8 Å². The van der Waals surface area contributed by atoms with E-state index in [1.165, 1.54) is 15.6 Å². The first-order valence-corrected chi connectivity index (χ1v) is 14.6. The number of hydrogen-bond donors (Lipinski definition) is 3. The van der Waals surface area contributed by atoms with Gasteiger partial charge in [-0.05, 0) is 37.7 Å². The SMILES string of the molecule is CN1CCc2nc(C(=O)N[C@@H]3CN(S(C)(=O)=O)CC[C@@H]3NC(=O)c3cc4cc(Cl)ccc4[nH]3)sc2C1. The second kappa shape index (κ2) is 9.75. The second-order valence-electron chi connectivity index (χ2n) is 9.36. The Kier molecular flexibility index (Phi) is 6.81. The molecule has 3 N–H and O–H groups in total. The monoisotopic (exact) mass is 550 g/mol. The average molecular weight is 551 g/mol. The summed E-state index contributed by atoms with van der Waals surface area (Å²) in [6.45, 7) is 1.94. The van der Waals surface area contributed by atoms with Crippen LogP contribution in [0.1, 0.15) is 37.3 Å². The third-order valence-corrected chi connectivity index (χ3v) is 9.21. The molecule has 192 valence electrons. The summed E-state index contributed by atoms with van der Waals surface area (Å²) >= 11 is 7.41. The molecular weight excluding hydrogens is 524 g/mol. The van der Waals surface area contributed by atoms with Crippen LogP contribution in [0.4, 0.5) is 0 Å². The lowest BCUT2D eigenvalue weighted by Crippen LogP contribution is -2.61. The van der Waals surface area contributed by atoms with Gasteiger partial charge in [0.15, 0.2) is 5.01 Å². The highest BCUT2D eigenvalue weighted by atomic mass is 35.5. The van der Waals surface area contributed by atoms with E-state index in [9.17, 15) is 18.0 Å². The first-order chi connectivity index (χ1) is 17.1. The molecule has 2 aliphatic rings. The molecular formula is C23H27ClN6O4S2. The number of benzene rings is 1. The Labute approximate surface area is 218 Å². The Bertz CT molecular complexity index is 1440. The number of amides is 2. The topological polar surface area (TPSA) is 128 Å². The molecule has 1 aromatic carbocycles. The molecule has 1 saturated heterocycles. The smallest absolute Gasteiger partial charge is 0.280 e. The summed E-state index contributed by atoms with van der Waals surface area (Å²) in [5.41, 5.74) is 2.08. The van der Waals surface area contributed by atoms with Crippen molar-refractivity contribution in [2.24, 2.45) is 0 Å². The molecule has 36 heavy (non-hydrogen) atoms. The maximum atomic E-state index is 13.1. The normalized spacial score (nSPS) is 21.3. The highest BCUT2D eigenvalue weighted by Crippen LogP contribution is 2.25. The minimum atomic E-state index is -3.46. The third kappa shape index (κ3) is 5.28. The molecule has 2 atom stereocenters. The number of aromatic nitrogens is 2. The van der Waals surface area contributed by atoms with Crippen LogP contribution in [0.25, 0.3) is 10.9 Å². The molecule has 10 nitrogen and oxygen atoms in total. The Balaban J connectivity index is 1.34. The highest BCUT2D eigenvalue weighted by Gasteiger charge is 2.36. The van der Waals surface area contributed by atoms with Crippen LogP contribution in [0.5, 0.6) is 0 Å². The molecule has 0 aliphatic carbocycles. The number of carbonyl (C=O) groups excluding carboxylic acids is 2. The molecule has 2 aromatic heterocycles. The number of nitrogens with zero attached hydrogens (tertiary/aromatic N) is 3. The van der Waals surface area contributed by atoms with E-state index in [1.807, 2.05) is 7.05 Å². The van der Waals surface area contributed by atoms with Gasteiger partial charge in [-0.15, -0.1) is 11.3 Å². The third-order valence-electron chi connectivity index (χ3n) is 6.62. The molecule has 0 unspecified atom stereocenters. The molecule has 2 amide bonds. The van der Waals surface area contributed by atoms with Crippen LogP contribution in [0, 0.1) is 0 Å². The minimum Gasteiger partial charge on any atom is -0.351 e. The molecule has 4 heterocycles. The lowest BCUT2D eigenvalue weighted by Gasteiger charge is -2.37. The lowest BCUT2D eigenvalue weighted by molar-refractivity contribution is 0.0847. The van der Waals surface area contributed by atoms with Crippen molar-refractivity contribution in [3.8, 4) is 0 Å². The maximum Gasteiger partial charge on any atom is 0.280 e. The van der Waals surface area contributed by atoms with Crippen LogP contribution in [-0.4, -0.2) is 84.4 Å². The number of carbonyl (C=O) groups is 2. The fourth-order valence-electron chi connectivity index (χ4n) is 4.66. The van der Waals surface area contributed by atoms with Crippen LogP contribution >= 0.6 is 22.9 Å². The average Bonchev–Trinajstić information content (AvgIpc) is 3.43. The van der Waals surface area contributed by atoms with Crippen molar-refractivity contribution >= 4 is 55.7 Å². The van der Waals surface area contributed by atoms with Crippen molar-refractivity contribution in [3.63, 3.8) is 0 Å². The van der Waals surface area contributed by atoms with E-state index in [4.69, 9.17) is 11.6 Å². The van der Waals surface area contributed by atoms with Crippen LogP contribution in [-0.2, 0) is 23.0 Å². The number of thiazole rings is 1. The number of aromatic amines is 1. The Hall–Kier alpha value is -2.51. The van der Waals surface area contributed by atoms with E-state index in [1.54, 1.807) is 24.3 Å². The number of hydrogen-bond acceptors (Lipinski definition) is 7. The maximum absolute atomic E-state index is 13.1. The van der Waals surface area contributed by atoms with E-state index >= 15 is 0 Å². The molecule has 1 fully saturated rings. The number of rotatable bonds is 5. The Morgan fingerprint density at radius 2 is 1.94 bits per heavy atom. The summed E-state index contributed by atoms with van der Waals surface area (Å²) in [4.78, 5) is 37.1. The quantitative estimate of drug-likeness (QED) is 0.445.